The van der Waals surface area contributed by atoms with E-state index in [9.17, 15) is 0 Å². The lowest BCUT2D eigenvalue weighted by atomic mass is 9.89. The molecule has 0 saturated carbocycles. The predicted molar refractivity (Wildman–Crippen MR) is 85.2 cm³/mol. The van der Waals surface area contributed by atoms with Gasteiger partial charge in [0.2, 0.25) is 0 Å². The molecule has 1 aromatic rings. The van der Waals surface area contributed by atoms with E-state index in [0.29, 0.717) is 5.41 Å². The van der Waals surface area contributed by atoms with Gasteiger partial charge in [-0.15, -0.1) is 12.4 Å². The number of nitrogens with zero attached hydrogens (tertiary/aromatic N) is 1. The molecular formula is C15H24Cl2N2. The standard InChI is InChI=1S/C15H23ClN2.ClH/c1-3-18(12-15(2)8-9-17-11-15)10-13-6-4-5-7-14(13)16;/h4-7,17H,3,8-12H2,1-2H3;1H. The molecule has 0 radical (unpaired) electrons. The van der Waals surface area contributed by atoms with E-state index in [1.54, 1.807) is 0 Å². The van der Waals surface area contributed by atoms with Crippen molar-refractivity contribution < 1.29 is 0 Å². The minimum absolute atomic E-state index is 0. The van der Waals surface area contributed by atoms with E-state index in [1.807, 2.05) is 12.1 Å². The van der Waals surface area contributed by atoms with E-state index in [0.717, 1.165) is 37.7 Å². The zero-order chi connectivity index (χ0) is 13.0. The summed E-state index contributed by atoms with van der Waals surface area (Å²) in [6.07, 6.45) is 1.27. The number of nitrogens with one attached hydrogen (secondary N) is 1. The van der Waals surface area contributed by atoms with Crippen LogP contribution in [0.1, 0.15) is 25.8 Å². The van der Waals surface area contributed by atoms with Crippen molar-refractivity contribution in [2.75, 3.05) is 26.2 Å². The molecule has 1 N–H and O–H groups in total. The van der Waals surface area contributed by atoms with Gasteiger partial charge in [0.1, 0.15) is 0 Å². The summed E-state index contributed by atoms with van der Waals surface area (Å²) in [6.45, 7) is 10.0. The molecule has 1 heterocycles. The maximum Gasteiger partial charge on any atom is 0.0451 e. The second-order valence-electron chi connectivity index (χ2n) is 5.63. The fraction of sp³-hybridized carbons (Fsp3) is 0.600. The Morgan fingerprint density at radius 2 is 2.11 bits per heavy atom. The topological polar surface area (TPSA) is 15.3 Å². The molecule has 0 aliphatic carbocycles. The van der Waals surface area contributed by atoms with Crippen LogP contribution >= 0.6 is 24.0 Å². The average molecular weight is 303 g/mol. The maximum absolute atomic E-state index is 6.24. The Hall–Kier alpha value is -0.280. The number of halogens is 2. The lowest BCUT2D eigenvalue weighted by molar-refractivity contribution is 0.178. The largest absolute Gasteiger partial charge is 0.316 e. The molecule has 1 saturated heterocycles. The summed E-state index contributed by atoms with van der Waals surface area (Å²) in [5, 5.41) is 4.35. The third kappa shape index (κ3) is 4.64. The zero-order valence-corrected chi connectivity index (χ0v) is 13.4. The number of hydrogen-bond acceptors (Lipinski definition) is 2. The summed E-state index contributed by atoms with van der Waals surface area (Å²) in [7, 11) is 0. The van der Waals surface area contributed by atoms with Gasteiger partial charge in [0.05, 0.1) is 0 Å². The zero-order valence-electron chi connectivity index (χ0n) is 11.8. The van der Waals surface area contributed by atoms with Gasteiger partial charge in [-0.25, -0.2) is 0 Å². The Morgan fingerprint density at radius 3 is 2.68 bits per heavy atom. The van der Waals surface area contributed by atoms with Gasteiger partial charge in [-0.3, -0.25) is 4.90 Å². The van der Waals surface area contributed by atoms with E-state index >= 15 is 0 Å². The smallest absolute Gasteiger partial charge is 0.0451 e. The summed E-state index contributed by atoms with van der Waals surface area (Å²) in [4.78, 5) is 2.49. The van der Waals surface area contributed by atoms with Gasteiger partial charge in [0, 0.05) is 24.7 Å². The first-order chi connectivity index (χ1) is 8.63. The highest BCUT2D eigenvalue weighted by atomic mass is 35.5. The Balaban J connectivity index is 0.00000180. The monoisotopic (exact) mass is 302 g/mol. The Bertz CT molecular complexity index is 389. The van der Waals surface area contributed by atoms with Gasteiger partial charge < -0.3 is 5.32 Å². The fourth-order valence-corrected chi connectivity index (χ4v) is 2.89. The van der Waals surface area contributed by atoms with Gasteiger partial charge in [-0.1, -0.05) is 43.6 Å². The minimum Gasteiger partial charge on any atom is -0.316 e. The second kappa shape index (κ2) is 7.49. The van der Waals surface area contributed by atoms with Gasteiger partial charge in [0.15, 0.2) is 0 Å². The highest BCUT2D eigenvalue weighted by Gasteiger charge is 2.30. The highest BCUT2D eigenvalue weighted by molar-refractivity contribution is 6.31. The summed E-state index contributed by atoms with van der Waals surface area (Å²) >= 11 is 6.24. The van der Waals surface area contributed by atoms with Gasteiger partial charge in [-0.05, 0) is 36.6 Å². The predicted octanol–water partition coefficient (Wildman–Crippen LogP) is 3.58. The first-order valence-corrected chi connectivity index (χ1v) is 7.17. The third-order valence-corrected chi connectivity index (χ3v) is 4.23. The van der Waals surface area contributed by atoms with Crippen molar-refractivity contribution in [1.29, 1.82) is 0 Å². The van der Waals surface area contributed by atoms with E-state index in [1.165, 1.54) is 12.0 Å². The van der Waals surface area contributed by atoms with Gasteiger partial charge in [0.25, 0.3) is 0 Å². The molecule has 2 nitrogen and oxygen atoms in total. The van der Waals surface area contributed by atoms with Crippen LogP contribution in [0.3, 0.4) is 0 Å². The number of benzene rings is 1. The normalized spacial score (nSPS) is 22.5. The van der Waals surface area contributed by atoms with Crippen LogP contribution in [-0.4, -0.2) is 31.1 Å². The molecule has 1 unspecified atom stereocenters. The molecule has 1 fully saturated rings. The lowest BCUT2D eigenvalue weighted by Gasteiger charge is -2.31. The van der Waals surface area contributed by atoms with Crippen molar-refractivity contribution in [3.8, 4) is 0 Å². The van der Waals surface area contributed by atoms with Crippen molar-refractivity contribution in [1.82, 2.24) is 10.2 Å². The Kier molecular flexibility index (Phi) is 6.61. The molecule has 0 amide bonds. The van der Waals surface area contributed by atoms with Crippen LogP contribution in [-0.2, 0) is 6.54 Å². The number of rotatable bonds is 5. The van der Waals surface area contributed by atoms with Crippen LogP contribution in [0.2, 0.25) is 5.02 Å². The van der Waals surface area contributed by atoms with Crippen LogP contribution in [0.15, 0.2) is 24.3 Å². The SMILES string of the molecule is CCN(Cc1ccccc1Cl)CC1(C)CCNC1.Cl. The molecule has 108 valence electrons. The fourth-order valence-electron chi connectivity index (χ4n) is 2.69. The van der Waals surface area contributed by atoms with Crippen LogP contribution < -0.4 is 5.32 Å². The van der Waals surface area contributed by atoms with Crippen molar-refractivity contribution in [3.05, 3.63) is 34.9 Å². The molecule has 1 aliphatic rings. The molecule has 19 heavy (non-hydrogen) atoms. The van der Waals surface area contributed by atoms with Crippen LogP contribution in [0.4, 0.5) is 0 Å². The molecule has 4 heteroatoms. The molecule has 1 aliphatic heterocycles. The van der Waals surface area contributed by atoms with Crippen LogP contribution in [0.25, 0.3) is 0 Å². The minimum atomic E-state index is 0. The first-order valence-electron chi connectivity index (χ1n) is 6.79. The molecule has 0 spiro atoms. The molecule has 0 bridgehead atoms. The summed E-state index contributed by atoms with van der Waals surface area (Å²) in [5.74, 6) is 0. The van der Waals surface area contributed by atoms with E-state index < -0.39 is 0 Å². The van der Waals surface area contributed by atoms with Crippen LogP contribution in [0, 0.1) is 5.41 Å². The molecule has 2 rings (SSSR count). The van der Waals surface area contributed by atoms with Gasteiger partial charge in [-0.2, -0.15) is 0 Å². The summed E-state index contributed by atoms with van der Waals surface area (Å²) in [6, 6.07) is 8.15. The Morgan fingerprint density at radius 1 is 1.37 bits per heavy atom. The van der Waals surface area contributed by atoms with E-state index in [2.05, 4.69) is 36.2 Å². The highest BCUT2D eigenvalue weighted by Crippen LogP contribution is 2.27. The third-order valence-electron chi connectivity index (χ3n) is 3.86. The summed E-state index contributed by atoms with van der Waals surface area (Å²) in [5.41, 5.74) is 1.65. The summed E-state index contributed by atoms with van der Waals surface area (Å²) < 4.78 is 0. The van der Waals surface area contributed by atoms with Crippen molar-refractivity contribution >= 4 is 24.0 Å². The first kappa shape index (κ1) is 16.8. The van der Waals surface area contributed by atoms with Crippen LogP contribution in [0.5, 0.6) is 0 Å². The van der Waals surface area contributed by atoms with E-state index in [4.69, 9.17) is 11.6 Å². The van der Waals surface area contributed by atoms with Crippen molar-refractivity contribution in [3.63, 3.8) is 0 Å². The molecule has 0 aromatic heterocycles. The van der Waals surface area contributed by atoms with Crippen molar-refractivity contribution in [2.24, 2.45) is 5.41 Å². The maximum atomic E-state index is 6.24. The number of hydrogen-bond donors (Lipinski definition) is 1. The van der Waals surface area contributed by atoms with E-state index in [-0.39, 0.29) is 12.4 Å². The molecule has 1 aromatic carbocycles. The molecule has 1 atom stereocenters. The Labute approximate surface area is 127 Å². The quantitative estimate of drug-likeness (QED) is 0.894. The average Bonchev–Trinajstić information content (AvgIpc) is 2.78. The second-order valence-corrected chi connectivity index (χ2v) is 6.04. The molecular weight excluding hydrogens is 279 g/mol. The lowest BCUT2D eigenvalue weighted by Crippen LogP contribution is -2.37. The van der Waals surface area contributed by atoms with Crippen molar-refractivity contribution in [2.45, 2.75) is 26.8 Å². The van der Waals surface area contributed by atoms with Gasteiger partial charge >= 0.3 is 0 Å².